The molecule has 6 nitrogen and oxygen atoms in total. The Kier molecular flexibility index (Phi) is 4.47. The Labute approximate surface area is 101 Å². The van der Waals surface area contributed by atoms with Crippen LogP contribution in [-0.4, -0.2) is 48.3 Å². The average Bonchev–Trinajstić information content (AvgIpc) is 2.22. The Hall–Kier alpha value is -1.14. The van der Waals surface area contributed by atoms with E-state index in [0.717, 1.165) is 13.1 Å². The van der Waals surface area contributed by atoms with Crippen LogP contribution in [0.1, 0.15) is 20.8 Å². The van der Waals surface area contributed by atoms with E-state index in [4.69, 9.17) is 9.84 Å². The SMILES string of the molecule is CC(NC(=O)COC1(C)CNC1)C(C)C(=O)O. The van der Waals surface area contributed by atoms with Gasteiger partial charge in [-0.25, -0.2) is 0 Å². The standard InChI is InChI=1S/C11H20N2O4/c1-7(10(15)16)8(2)13-9(14)4-17-11(3)5-12-6-11/h7-8,12H,4-6H2,1-3H3,(H,13,14)(H,15,16). The number of carboxylic acid groups (broad SMARTS) is 1. The highest BCUT2D eigenvalue weighted by Gasteiger charge is 2.33. The van der Waals surface area contributed by atoms with Gasteiger partial charge in [0.05, 0.1) is 11.5 Å². The second-order valence-corrected chi connectivity index (χ2v) is 4.83. The molecule has 6 heteroatoms. The Morgan fingerprint density at radius 3 is 2.47 bits per heavy atom. The maximum atomic E-state index is 11.5. The van der Waals surface area contributed by atoms with Crippen LogP contribution in [0.25, 0.3) is 0 Å². The number of aliphatic carboxylic acids is 1. The summed E-state index contributed by atoms with van der Waals surface area (Å²) >= 11 is 0. The molecule has 1 aliphatic rings. The van der Waals surface area contributed by atoms with Crippen molar-refractivity contribution in [3.63, 3.8) is 0 Å². The summed E-state index contributed by atoms with van der Waals surface area (Å²) in [7, 11) is 0. The smallest absolute Gasteiger partial charge is 0.308 e. The quantitative estimate of drug-likeness (QED) is 0.591. The highest BCUT2D eigenvalue weighted by molar-refractivity contribution is 5.79. The monoisotopic (exact) mass is 244 g/mol. The van der Waals surface area contributed by atoms with E-state index in [2.05, 4.69) is 10.6 Å². The van der Waals surface area contributed by atoms with Crippen LogP contribution in [0.2, 0.25) is 0 Å². The summed E-state index contributed by atoms with van der Waals surface area (Å²) in [5, 5.41) is 14.5. The first-order valence-corrected chi connectivity index (χ1v) is 5.71. The van der Waals surface area contributed by atoms with Crippen molar-refractivity contribution < 1.29 is 19.4 Å². The molecule has 1 rings (SSSR count). The number of carbonyl (C=O) groups excluding carboxylic acids is 1. The fourth-order valence-electron chi connectivity index (χ4n) is 1.45. The van der Waals surface area contributed by atoms with E-state index in [-0.39, 0.29) is 18.1 Å². The van der Waals surface area contributed by atoms with E-state index < -0.39 is 17.9 Å². The van der Waals surface area contributed by atoms with Crippen molar-refractivity contribution in [3.8, 4) is 0 Å². The topological polar surface area (TPSA) is 87.7 Å². The van der Waals surface area contributed by atoms with Gasteiger partial charge >= 0.3 is 5.97 Å². The van der Waals surface area contributed by atoms with Gasteiger partial charge in [0.15, 0.2) is 0 Å². The summed E-state index contributed by atoms with van der Waals surface area (Å²) in [5.74, 6) is -1.81. The third-order valence-corrected chi connectivity index (χ3v) is 3.08. The van der Waals surface area contributed by atoms with Gasteiger partial charge in [-0.1, -0.05) is 0 Å². The summed E-state index contributed by atoms with van der Waals surface area (Å²) in [6.07, 6.45) is 0. The summed E-state index contributed by atoms with van der Waals surface area (Å²) < 4.78 is 5.45. The van der Waals surface area contributed by atoms with Crippen molar-refractivity contribution in [1.29, 1.82) is 0 Å². The lowest BCUT2D eigenvalue weighted by atomic mass is 10.0. The van der Waals surface area contributed by atoms with E-state index in [0.29, 0.717) is 0 Å². The molecular formula is C11H20N2O4. The Bertz CT molecular complexity index is 302. The molecule has 1 aliphatic heterocycles. The largest absolute Gasteiger partial charge is 0.481 e. The summed E-state index contributed by atoms with van der Waals surface area (Å²) in [5.41, 5.74) is -0.265. The molecule has 2 atom stereocenters. The number of amides is 1. The Morgan fingerprint density at radius 1 is 1.47 bits per heavy atom. The molecular weight excluding hydrogens is 224 g/mol. The van der Waals surface area contributed by atoms with Gasteiger partial charge in [0.25, 0.3) is 0 Å². The molecule has 0 bridgehead atoms. The van der Waals surface area contributed by atoms with Gasteiger partial charge in [0, 0.05) is 19.1 Å². The number of nitrogens with one attached hydrogen (secondary N) is 2. The zero-order valence-corrected chi connectivity index (χ0v) is 10.4. The lowest BCUT2D eigenvalue weighted by molar-refractivity contribution is -0.143. The fourth-order valence-corrected chi connectivity index (χ4v) is 1.45. The first kappa shape index (κ1) is 13.9. The van der Waals surface area contributed by atoms with Gasteiger partial charge in [0.1, 0.15) is 6.61 Å². The van der Waals surface area contributed by atoms with Gasteiger partial charge < -0.3 is 20.5 Å². The first-order valence-electron chi connectivity index (χ1n) is 5.71. The number of ether oxygens (including phenoxy) is 1. The predicted molar refractivity (Wildman–Crippen MR) is 61.6 cm³/mol. The van der Waals surface area contributed by atoms with E-state index in [1.54, 1.807) is 13.8 Å². The average molecular weight is 244 g/mol. The second kappa shape index (κ2) is 5.46. The molecule has 3 N–H and O–H groups in total. The molecule has 1 fully saturated rings. The van der Waals surface area contributed by atoms with Crippen LogP contribution >= 0.6 is 0 Å². The van der Waals surface area contributed by atoms with Crippen LogP contribution in [0.5, 0.6) is 0 Å². The zero-order valence-electron chi connectivity index (χ0n) is 10.4. The summed E-state index contributed by atoms with van der Waals surface area (Å²) in [6, 6.07) is -0.407. The molecule has 1 heterocycles. The van der Waals surface area contributed by atoms with Crippen LogP contribution in [0.15, 0.2) is 0 Å². The van der Waals surface area contributed by atoms with Crippen molar-refractivity contribution >= 4 is 11.9 Å². The van der Waals surface area contributed by atoms with Crippen molar-refractivity contribution in [1.82, 2.24) is 10.6 Å². The Morgan fingerprint density at radius 2 is 2.06 bits per heavy atom. The maximum absolute atomic E-state index is 11.5. The Balaban J connectivity index is 2.26. The third kappa shape index (κ3) is 3.98. The van der Waals surface area contributed by atoms with Crippen LogP contribution in [0, 0.1) is 5.92 Å². The molecule has 17 heavy (non-hydrogen) atoms. The van der Waals surface area contributed by atoms with Crippen molar-refractivity contribution in [2.24, 2.45) is 5.92 Å². The molecule has 0 radical (unpaired) electrons. The van der Waals surface area contributed by atoms with Gasteiger partial charge in [0.2, 0.25) is 5.91 Å². The first-order chi connectivity index (χ1) is 7.84. The maximum Gasteiger partial charge on any atom is 0.308 e. The van der Waals surface area contributed by atoms with E-state index >= 15 is 0 Å². The fraction of sp³-hybridized carbons (Fsp3) is 0.818. The second-order valence-electron chi connectivity index (χ2n) is 4.83. The molecule has 0 aromatic rings. The van der Waals surface area contributed by atoms with Gasteiger partial charge in [-0.15, -0.1) is 0 Å². The van der Waals surface area contributed by atoms with Crippen molar-refractivity contribution in [2.45, 2.75) is 32.4 Å². The minimum atomic E-state index is -0.922. The van der Waals surface area contributed by atoms with E-state index in [9.17, 15) is 9.59 Å². The highest BCUT2D eigenvalue weighted by Crippen LogP contribution is 2.14. The number of rotatable bonds is 6. The zero-order chi connectivity index (χ0) is 13.1. The van der Waals surface area contributed by atoms with Crippen LogP contribution in [-0.2, 0) is 14.3 Å². The van der Waals surface area contributed by atoms with Crippen LogP contribution < -0.4 is 10.6 Å². The van der Waals surface area contributed by atoms with Crippen LogP contribution in [0.4, 0.5) is 0 Å². The lowest BCUT2D eigenvalue weighted by Crippen LogP contribution is -2.59. The van der Waals surface area contributed by atoms with Gasteiger partial charge in [-0.2, -0.15) is 0 Å². The molecule has 0 aromatic heterocycles. The molecule has 98 valence electrons. The highest BCUT2D eigenvalue weighted by atomic mass is 16.5. The molecule has 2 unspecified atom stereocenters. The number of hydrogen-bond acceptors (Lipinski definition) is 4. The normalized spacial score (nSPS) is 21.1. The summed E-state index contributed by atoms with van der Waals surface area (Å²) in [4.78, 5) is 22.2. The van der Waals surface area contributed by atoms with E-state index in [1.807, 2.05) is 6.92 Å². The third-order valence-electron chi connectivity index (χ3n) is 3.08. The van der Waals surface area contributed by atoms with Crippen molar-refractivity contribution in [3.05, 3.63) is 0 Å². The molecule has 0 spiro atoms. The number of hydrogen-bond donors (Lipinski definition) is 3. The van der Waals surface area contributed by atoms with Gasteiger partial charge in [-0.05, 0) is 20.8 Å². The molecule has 1 saturated heterocycles. The summed E-state index contributed by atoms with van der Waals surface area (Å²) in [6.45, 7) is 6.60. The lowest BCUT2D eigenvalue weighted by Gasteiger charge is -2.38. The molecule has 0 aliphatic carbocycles. The van der Waals surface area contributed by atoms with Gasteiger partial charge in [-0.3, -0.25) is 9.59 Å². The number of carboxylic acids is 1. The molecule has 1 amide bonds. The van der Waals surface area contributed by atoms with Crippen molar-refractivity contribution in [2.75, 3.05) is 19.7 Å². The van der Waals surface area contributed by atoms with Crippen LogP contribution in [0.3, 0.4) is 0 Å². The minimum Gasteiger partial charge on any atom is -0.481 e. The van der Waals surface area contributed by atoms with E-state index in [1.165, 1.54) is 0 Å². The number of carbonyl (C=O) groups is 2. The molecule has 0 aromatic carbocycles. The predicted octanol–water partition coefficient (Wildman–Crippen LogP) is -0.410. The minimum absolute atomic E-state index is 0.0329. The molecule has 0 saturated carbocycles.